The molecule has 0 aliphatic carbocycles. The van der Waals surface area contributed by atoms with Crippen LogP contribution in [0.3, 0.4) is 0 Å². The second-order valence-electron chi connectivity index (χ2n) is 11.1. The summed E-state index contributed by atoms with van der Waals surface area (Å²) in [6.07, 6.45) is 3.12. The second-order valence-corrected chi connectivity index (χ2v) is 16.8. The number of urea groups is 1. The number of ether oxygens (including phenoxy) is 1. The maximum atomic E-state index is 13.3. The highest BCUT2D eigenvalue weighted by molar-refractivity contribution is 6.76. The number of amides is 4. The lowest BCUT2D eigenvalue weighted by molar-refractivity contribution is -0.133. The minimum Gasteiger partial charge on any atom is -0.465 e. The molecule has 196 valence electrons. The molecule has 1 atom stereocenters. The molecule has 2 aliphatic heterocycles. The number of carbonyl (C=O) groups excluding carboxylic acids is 2. The summed E-state index contributed by atoms with van der Waals surface area (Å²) in [4.78, 5) is 41.5. The minimum absolute atomic E-state index is 0.0122. The molecule has 4 rings (SSSR count). The van der Waals surface area contributed by atoms with Crippen molar-refractivity contribution in [2.75, 3.05) is 37.9 Å². The van der Waals surface area contributed by atoms with Crippen molar-refractivity contribution in [2.24, 2.45) is 5.92 Å². The predicted octanol–water partition coefficient (Wildman–Crippen LogP) is 5.06. The van der Waals surface area contributed by atoms with Crippen LogP contribution in [-0.4, -0.2) is 78.6 Å². The molecule has 0 bridgehead atoms. The average Bonchev–Trinajstić information content (AvgIpc) is 3.27. The van der Waals surface area contributed by atoms with Gasteiger partial charge in [-0.2, -0.15) is 0 Å². The van der Waals surface area contributed by atoms with Crippen molar-refractivity contribution in [1.82, 2.24) is 14.4 Å². The number of anilines is 1. The van der Waals surface area contributed by atoms with Crippen molar-refractivity contribution < 1.29 is 24.2 Å². The highest BCUT2D eigenvalue weighted by Gasteiger charge is 2.34. The molecule has 2 aliphatic rings. The number of likely N-dealkylation sites (tertiary alicyclic amines) is 1. The Hall–Kier alpha value is -2.85. The Balaban J connectivity index is 1.49. The Kier molecular flexibility index (Phi) is 7.75. The quantitative estimate of drug-likeness (QED) is 0.392. The van der Waals surface area contributed by atoms with Crippen LogP contribution in [0.5, 0.6) is 0 Å². The zero-order chi connectivity index (χ0) is 26.0. The van der Waals surface area contributed by atoms with E-state index in [1.54, 1.807) is 4.90 Å². The van der Waals surface area contributed by atoms with E-state index >= 15 is 0 Å². The summed E-state index contributed by atoms with van der Waals surface area (Å²) >= 11 is 0. The Morgan fingerprint density at radius 3 is 2.53 bits per heavy atom. The number of carboxylic acid groups (broad SMARTS) is 1. The van der Waals surface area contributed by atoms with Crippen LogP contribution in [0.2, 0.25) is 25.7 Å². The Bertz CT molecular complexity index is 1120. The summed E-state index contributed by atoms with van der Waals surface area (Å²) in [5.74, 6) is 0.174. The van der Waals surface area contributed by atoms with Crippen molar-refractivity contribution in [3.8, 4) is 0 Å². The number of carbonyl (C=O) groups is 3. The van der Waals surface area contributed by atoms with Gasteiger partial charge in [0.25, 0.3) is 0 Å². The molecule has 2 aromatic rings. The monoisotopic (exact) mass is 514 g/mol. The number of aromatic nitrogens is 1. The van der Waals surface area contributed by atoms with E-state index < -0.39 is 14.2 Å². The van der Waals surface area contributed by atoms with Gasteiger partial charge in [0.15, 0.2) is 0 Å². The number of imide groups is 1. The van der Waals surface area contributed by atoms with Crippen molar-refractivity contribution in [3.05, 3.63) is 30.5 Å². The molecule has 0 spiro atoms. The van der Waals surface area contributed by atoms with Crippen molar-refractivity contribution >= 4 is 42.7 Å². The van der Waals surface area contributed by atoms with E-state index in [1.165, 1.54) is 9.80 Å². The van der Waals surface area contributed by atoms with E-state index in [2.05, 4.69) is 43.4 Å². The topological polar surface area (TPSA) is 95.3 Å². The molecule has 1 N–H and O–H groups in total. The largest absolute Gasteiger partial charge is 0.465 e. The summed E-state index contributed by atoms with van der Waals surface area (Å²) < 4.78 is 7.97. The molecular formula is C26H38N4O5Si. The maximum Gasteiger partial charge on any atom is 0.407 e. The van der Waals surface area contributed by atoms with Gasteiger partial charge in [-0.3, -0.25) is 9.69 Å². The fourth-order valence-electron chi connectivity index (χ4n) is 5.14. The lowest BCUT2D eigenvalue weighted by Gasteiger charge is -2.35. The van der Waals surface area contributed by atoms with E-state index in [0.29, 0.717) is 32.2 Å². The van der Waals surface area contributed by atoms with E-state index in [-0.39, 0.29) is 31.1 Å². The van der Waals surface area contributed by atoms with Crippen LogP contribution < -0.4 is 4.90 Å². The van der Waals surface area contributed by atoms with Crippen LogP contribution in [0.4, 0.5) is 15.3 Å². The number of fused-ring (bicyclic) bond motifs is 1. The summed E-state index contributed by atoms with van der Waals surface area (Å²) in [6, 6.07) is 8.81. The van der Waals surface area contributed by atoms with Gasteiger partial charge in [0.2, 0.25) is 5.91 Å². The fraction of sp³-hybridized carbons (Fsp3) is 0.577. The number of hydrogen-bond donors (Lipinski definition) is 1. The van der Waals surface area contributed by atoms with Gasteiger partial charge < -0.3 is 19.3 Å². The average molecular weight is 515 g/mol. The number of benzene rings is 1. The molecule has 10 heteroatoms. The number of rotatable bonds is 8. The normalized spacial score (nSPS) is 18.8. The number of piperidine rings is 1. The van der Waals surface area contributed by atoms with Crippen molar-refractivity contribution in [2.45, 2.75) is 57.9 Å². The van der Waals surface area contributed by atoms with Gasteiger partial charge in [-0.25, -0.2) is 14.5 Å². The van der Waals surface area contributed by atoms with E-state index in [4.69, 9.17) is 4.74 Å². The van der Waals surface area contributed by atoms with Gasteiger partial charge in [0, 0.05) is 58.4 Å². The molecule has 2 saturated heterocycles. The van der Waals surface area contributed by atoms with Crippen LogP contribution in [0.25, 0.3) is 10.9 Å². The zero-order valence-electron chi connectivity index (χ0n) is 21.8. The summed E-state index contributed by atoms with van der Waals surface area (Å²) in [7, 11) is -1.26. The standard InChI is InChI=1S/C26H38N4O5Si/c1-19(20-8-12-27(13-9-20)26(33)34)28-14-10-21-22(28)6-5-7-23(21)29-15-11-24(31)30(25(29)32)18-35-16-17-36(2,3)4/h5-7,10,14,19-20H,8-9,11-13,15-18H2,1-4H3,(H,33,34). The fourth-order valence-corrected chi connectivity index (χ4v) is 5.90. The molecule has 36 heavy (non-hydrogen) atoms. The maximum absolute atomic E-state index is 13.3. The van der Waals surface area contributed by atoms with Crippen LogP contribution in [0, 0.1) is 5.92 Å². The van der Waals surface area contributed by atoms with E-state index in [9.17, 15) is 19.5 Å². The summed E-state index contributed by atoms with van der Waals surface area (Å²) in [6.45, 7) is 11.0. The van der Waals surface area contributed by atoms with Gasteiger partial charge in [0.05, 0.1) is 11.2 Å². The second kappa shape index (κ2) is 10.6. The third-order valence-electron chi connectivity index (χ3n) is 7.49. The van der Waals surface area contributed by atoms with Crippen LogP contribution >= 0.6 is 0 Å². The van der Waals surface area contributed by atoms with Crippen LogP contribution in [0.15, 0.2) is 30.5 Å². The van der Waals surface area contributed by atoms with Crippen LogP contribution in [0.1, 0.15) is 32.2 Å². The van der Waals surface area contributed by atoms with E-state index in [0.717, 1.165) is 35.5 Å². The lowest BCUT2D eigenvalue weighted by atomic mass is 9.90. The molecule has 2 fully saturated rings. The smallest absolute Gasteiger partial charge is 0.407 e. The number of hydrogen-bond acceptors (Lipinski definition) is 4. The van der Waals surface area contributed by atoms with Gasteiger partial charge in [0.1, 0.15) is 6.73 Å². The lowest BCUT2D eigenvalue weighted by Crippen LogP contribution is -2.53. The number of nitrogens with zero attached hydrogens (tertiary/aromatic N) is 4. The predicted molar refractivity (Wildman–Crippen MR) is 142 cm³/mol. The summed E-state index contributed by atoms with van der Waals surface area (Å²) in [5.41, 5.74) is 1.83. The van der Waals surface area contributed by atoms with Crippen molar-refractivity contribution in [3.63, 3.8) is 0 Å². The first-order valence-corrected chi connectivity index (χ1v) is 16.5. The van der Waals surface area contributed by atoms with Crippen LogP contribution in [-0.2, 0) is 9.53 Å². The van der Waals surface area contributed by atoms with Gasteiger partial charge in [-0.15, -0.1) is 0 Å². The van der Waals surface area contributed by atoms with Gasteiger partial charge in [-0.1, -0.05) is 25.7 Å². The minimum atomic E-state index is -1.26. The van der Waals surface area contributed by atoms with Crippen molar-refractivity contribution in [1.29, 1.82) is 0 Å². The Labute approximate surface area is 213 Å². The molecule has 4 amide bonds. The first-order valence-electron chi connectivity index (χ1n) is 12.8. The highest BCUT2D eigenvalue weighted by atomic mass is 28.3. The molecule has 0 saturated carbocycles. The molecule has 0 radical (unpaired) electrons. The molecule has 1 aromatic heterocycles. The molecule has 9 nitrogen and oxygen atoms in total. The third-order valence-corrected chi connectivity index (χ3v) is 9.20. The van der Waals surface area contributed by atoms with Gasteiger partial charge >= 0.3 is 12.1 Å². The summed E-state index contributed by atoms with van der Waals surface area (Å²) in [5, 5.41) is 10.2. The highest BCUT2D eigenvalue weighted by Crippen LogP contribution is 2.35. The van der Waals surface area contributed by atoms with E-state index in [1.807, 2.05) is 18.2 Å². The third kappa shape index (κ3) is 5.59. The zero-order valence-corrected chi connectivity index (χ0v) is 22.8. The Morgan fingerprint density at radius 2 is 1.86 bits per heavy atom. The molecular weight excluding hydrogens is 476 g/mol. The van der Waals surface area contributed by atoms with Gasteiger partial charge in [-0.05, 0) is 49.9 Å². The first-order chi connectivity index (χ1) is 17.1. The molecule has 3 heterocycles. The first kappa shape index (κ1) is 26.2. The molecule has 1 aromatic carbocycles. The molecule has 1 unspecified atom stereocenters. The Morgan fingerprint density at radius 1 is 1.14 bits per heavy atom. The SMILES string of the molecule is CC(C1CCN(C(=O)O)CC1)n1ccc2c(N3CCC(=O)N(COCC[Si](C)(C)C)C3=O)cccc21.